The van der Waals surface area contributed by atoms with E-state index in [2.05, 4.69) is 4.74 Å². The maximum Gasteiger partial charge on any atom is 0.337 e. The van der Waals surface area contributed by atoms with Gasteiger partial charge in [-0.05, 0) is 35.9 Å². The zero-order valence-corrected chi connectivity index (χ0v) is 10.8. The number of hydrogen-bond donors (Lipinski definition) is 1. The summed E-state index contributed by atoms with van der Waals surface area (Å²) < 4.78 is 6.47. The first-order valence-electron chi connectivity index (χ1n) is 5.88. The van der Waals surface area contributed by atoms with E-state index in [1.165, 1.54) is 13.2 Å². The second-order valence-corrected chi connectivity index (χ2v) is 4.07. The number of ether oxygens (including phenoxy) is 1. The first-order valence-corrected chi connectivity index (χ1v) is 5.88. The van der Waals surface area contributed by atoms with Gasteiger partial charge in [0.2, 0.25) is 0 Å². The van der Waals surface area contributed by atoms with E-state index in [-0.39, 0.29) is 0 Å². The average Bonchev–Trinajstić information content (AvgIpc) is 2.93. The smallest absolute Gasteiger partial charge is 0.337 e. The molecule has 0 aliphatic heterocycles. The van der Waals surface area contributed by atoms with Crippen molar-refractivity contribution in [3.05, 3.63) is 59.9 Å². The van der Waals surface area contributed by atoms with Gasteiger partial charge in [-0.15, -0.1) is 0 Å². The molecule has 102 valence electrons. The molecule has 0 saturated heterocycles. The third-order valence-corrected chi connectivity index (χ3v) is 2.70. The minimum absolute atomic E-state index is 0.398. The molecule has 20 heavy (non-hydrogen) atoms. The normalized spacial score (nSPS) is 10.7. The molecule has 0 unspecified atom stereocenters. The minimum Gasteiger partial charge on any atom is -0.478 e. The van der Waals surface area contributed by atoms with E-state index in [0.717, 1.165) is 17.3 Å². The van der Waals surface area contributed by atoms with Crippen molar-refractivity contribution in [3.8, 4) is 5.69 Å². The highest BCUT2D eigenvalue weighted by molar-refractivity contribution is 5.90. The van der Waals surface area contributed by atoms with Gasteiger partial charge in [0.15, 0.2) is 0 Å². The van der Waals surface area contributed by atoms with Crippen molar-refractivity contribution >= 4 is 18.0 Å². The predicted molar refractivity (Wildman–Crippen MR) is 73.8 cm³/mol. The molecular formula is C15H13NO4. The second-order valence-electron chi connectivity index (χ2n) is 4.07. The monoisotopic (exact) mass is 271 g/mol. The molecule has 0 atom stereocenters. The van der Waals surface area contributed by atoms with E-state index in [1.54, 1.807) is 41.2 Å². The van der Waals surface area contributed by atoms with Crippen molar-refractivity contribution in [1.29, 1.82) is 0 Å². The molecule has 0 radical (unpaired) electrons. The van der Waals surface area contributed by atoms with Gasteiger partial charge in [-0.3, -0.25) is 0 Å². The molecule has 0 aliphatic carbocycles. The van der Waals surface area contributed by atoms with Crippen LogP contribution in [-0.4, -0.2) is 28.7 Å². The van der Waals surface area contributed by atoms with Crippen LogP contribution in [0.1, 0.15) is 15.9 Å². The number of carbonyl (C=O) groups is 2. The van der Waals surface area contributed by atoms with E-state index in [0.29, 0.717) is 5.56 Å². The van der Waals surface area contributed by atoms with Crippen LogP contribution in [0.3, 0.4) is 0 Å². The van der Waals surface area contributed by atoms with Crippen molar-refractivity contribution in [1.82, 2.24) is 4.57 Å². The number of aromatic nitrogens is 1. The van der Waals surface area contributed by atoms with Gasteiger partial charge in [0.1, 0.15) is 0 Å². The first-order chi connectivity index (χ1) is 9.60. The zero-order chi connectivity index (χ0) is 14.5. The minimum atomic E-state index is -0.995. The summed E-state index contributed by atoms with van der Waals surface area (Å²) in [5, 5.41) is 8.58. The lowest BCUT2D eigenvalue weighted by molar-refractivity contribution is -0.131. The Balaban J connectivity index is 2.28. The number of esters is 1. The molecule has 0 fully saturated rings. The maximum atomic E-state index is 11.5. The van der Waals surface area contributed by atoms with Crippen LogP contribution in [0.5, 0.6) is 0 Å². The van der Waals surface area contributed by atoms with Crippen molar-refractivity contribution < 1.29 is 19.4 Å². The Hall–Kier alpha value is -2.82. The fraction of sp³-hybridized carbons (Fsp3) is 0.0667. The van der Waals surface area contributed by atoms with Gasteiger partial charge in [0, 0.05) is 24.2 Å². The molecular weight excluding hydrogens is 258 g/mol. The van der Waals surface area contributed by atoms with E-state index in [4.69, 9.17) is 5.11 Å². The molecule has 0 bridgehead atoms. The molecule has 1 N–H and O–H groups in total. The number of nitrogens with zero attached hydrogens (tertiary/aromatic N) is 1. The summed E-state index contributed by atoms with van der Waals surface area (Å²) in [6, 6.07) is 8.76. The summed E-state index contributed by atoms with van der Waals surface area (Å²) in [4.78, 5) is 21.9. The summed E-state index contributed by atoms with van der Waals surface area (Å²) >= 11 is 0. The predicted octanol–water partition coefficient (Wildman–Crippen LogP) is 2.36. The second kappa shape index (κ2) is 5.88. The van der Waals surface area contributed by atoms with Gasteiger partial charge in [-0.25, -0.2) is 9.59 Å². The summed E-state index contributed by atoms with van der Waals surface area (Å²) in [5.41, 5.74) is 2.01. The number of rotatable bonds is 4. The van der Waals surface area contributed by atoms with Crippen molar-refractivity contribution in [2.75, 3.05) is 7.11 Å². The highest BCUT2D eigenvalue weighted by Gasteiger charge is 2.06. The number of hydrogen-bond acceptors (Lipinski definition) is 3. The van der Waals surface area contributed by atoms with Gasteiger partial charge in [-0.1, -0.05) is 6.07 Å². The lowest BCUT2D eigenvalue weighted by atomic mass is 10.2. The van der Waals surface area contributed by atoms with Gasteiger partial charge in [0.25, 0.3) is 0 Å². The molecule has 2 aromatic rings. The Kier molecular flexibility index (Phi) is 4.00. The lowest BCUT2D eigenvalue weighted by Crippen LogP contribution is -2.02. The molecule has 1 aromatic carbocycles. The Morgan fingerprint density at radius 1 is 1.30 bits per heavy atom. The number of carboxylic acids is 1. The molecule has 1 heterocycles. The largest absolute Gasteiger partial charge is 0.478 e. The summed E-state index contributed by atoms with van der Waals surface area (Å²) in [6.45, 7) is 0. The average molecular weight is 271 g/mol. The van der Waals surface area contributed by atoms with Crippen LogP contribution >= 0.6 is 0 Å². The van der Waals surface area contributed by atoms with Gasteiger partial charge in [0.05, 0.1) is 12.7 Å². The number of methoxy groups -OCH3 is 1. The highest BCUT2D eigenvalue weighted by atomic mass is 16.5. The Morgan fingerprint density at radius 2 is 2.10 bits per heavy atom. The third-order valence-electron chi connectivity index (χ3n) is 2.70. The SMILES string of the molecule is COC(=O)c1cccc(-n2ccc(/C=C/C(=O)O)c2)c1. The Morgan fingerprint density at radius 3 is 2.80 bits per heavy atom. The quantitative estimate of drug-likeness (QED) is 0.684. The summed E-state index contributed by atoms with van der Waals surface area (Å²) in [7, 11) is 1.33. The fourth-order valence-corrected chi connectivity index (χ4v) is 1.75. The third kappa shape index (κ3) is 3.14. The van der Waals surface area contributed by atoms with Crippen LogP contribution in [0, 0.1) is 0 Å². The Bertz CT molecular complexity index is 670. The van der Waals surface area contributed by atoms with Gasteiger partial charge >= 0.3 is 11.9 Å². The molecule has 0 aliphatic rings. The number of aliphatic carboxylic acids is 1. The number of carboxylic acid groups (broad SMARTS) is 1. The maximum absolute atomic E-state index is 11.5. The lowest BCUT2D eigenvalue weighted by Gasteiger charge is -2.05. The van der Waals surface area contributed by atoms with Crippen LogP contribution in [0.4, 0.5) is 0 Å². The number of carbonyl (C=O) groups excluding carboxylic acids is 1. The van der Waals surface area contributed by atoms with Crippen LogP contribution < -0.4 is 0 Å². The molecule has 0 saturated carbocycles. The van der Waals surface area contributed by atoms with Crippen molar-refractivity contribution in [2.24, 2.45) is 0 Å². The van der Waals surface area contributed by atoms with Gasteiger partial charge in [-0.2, -0.15) is 0 Å². The molecule has 0 amide bonds. The fourth-order valence-electron chi connectivity index (χ4n) is 1.75. The molecule has 1 aromatic heterocycles. The van der Waals surface area contributed by atoms with Crippen LogP contribution in [0.25, 0.3) is 11.8 Å². The van der Waals surface area contributed by atoms with E-state index < -0.39 is 11.9 Å². The molecule has 0 spiro atoms. The standard InChI is InChI=1S/C15H13NO4/c1-20-15(19)12-3-2-4-13(9-12)16-8-7-11(10-16)5-6-14(17)18/h2-10H,1H3,(H,17,18)/b6-5+. The first kappa shape index (κ1) is 13.6. The zero-order valence-electron chi connectivity index (χ0n) is 10.8. The Labute approximate surface area is 115 Å². The van der Waals surface area contributed by atoms with Crippen molar-refractivity contribution in [2.45, 2.75) is 0 Å². The summed E-state index contributed by atoms with van der Waals surface area (Å²) in [5.74, 6) is -1.39. The van der Waals surface area contributed by atoms with Crippen LogP contribution in [0.15, 0.2) is 48.8 Å². The van der Waals surface area contributed by atoms with E-state index in [9.17, 15) is 9.59 Å². The molecule has 5 heteroatoms. The van der Waals surface area contributed by atoms with Crippen LogP contribution in [0.2, 0.25) is 0 Å². The highest BCUT2D eigenvalue weighted by Crippen LogP contribution is 2.14. The topological polar surface area (TPSA) is 68.5 Å². The van der Waals surface area contributed by atoms with E-state index in [1.807, 2.05) is 6.07 Å². The van der Waals surface area contributed by atoms with Gasteiger partial charge < -0.3 is 14.4 Å². The van der Waals surface area contributed by atoms with Crippen LogP contribution in [-0.2, 0) is 9.53 Å². The molecule has 5 nitrogen and oxygen atoms in total. The summed E-state index contributed by atoms with van der Waals surface area (Å²) in [6.07, 6.45) is 6.14. The van der Waals surface area contributed by atoms with Crippen molar-refractivity contribution in [3.63, 3.8) is 0 Å². The molecule has 2 rings (SSSR count). The van der Waals surface area contributed by atoms with E-state index >= 15 is 0 Å². The number of benzene rings is 1.